The fourth-order valence-corrected chi connectivity index (χ4v) is 2.18. The van der Waals surface area contributed by atoms with Gasteiger partial charge in [-0.2, -0.15) is 0 Å². The van der Waals surface area contributed by atoms with Crippen LogP contribution in [0, 0.1) is 0 Å². The van der Waals surface area contributed by atoms with E-state index in [1.165, 1.54) is 0 Å². The molecule has 0 aliphatic rings. The third-order valence-corrected chi connectivity index (χ3v) is 3.49. The third kappa shape index (κ3) is 5.66. The number of hydrogen-bond donors (Lipinski definition) is 2. The van der Waals surface area contributed by atoms with Crippen molar-refractivity contribution in [3.63, 3.8) is 0 Å². The Bertz CT molecular complexity index is 380. The van der Waals surface area contributed by atoms with E-state index in [1.54, 1.807) is 12.1 Å². The second-order valence-electron chi connectivity index (χ2n) is 4.79. The van der Waals surface area contributed by atoms with Crippen molar-refractivity contribution in [1.82, 2.24) is 9.88 Å². The van der Waals surface area contributed by atoms with Gasteiger partial charge in [0.15, 0.2) is 5.82 Å². The number of nitrogens with zero attached hydrogens (tertiary/aromatic N) is 2. The average molecular weight is 285 g/mol. The van der Waals surface area contributed by atoms with Crippen LogP contribution in [0.1, 0.15) is 33.6 Å². The molecule has 0 fully saturated rings. The molecule has 0 aliphatic heterocycles. The molecular weight excluding hydrogens is 260 g/mol. The van der Waals surface area contributed by atoms with Crippen LogP contribution in [0.5, 0.6) is 0 Å². The Morgan fingerprint density at radius 2 is 2.05 bits per heavy atom. The highest BCUT2D eigenvalue weighted by molar-refractivity contribution is 6.29. The summed E-state index contributed by atoms with van der Waals surface area (Å²) >= 11 is 5.87. The summed E-state index contributed by atoms with van der Waals surface area (Å²) < 4.78 is 0. The normalized spacial score (nSPS) is 12.7. The lowest BCUT2D eigenvalue weighted by atomic mass is 10.1. The van der Waals surface area contributed by atoms with Crippen LogP contribution in [0.3, 0.4) is 0 Å². The molecule has 1 atom stereocenters. The summed E-state index contributed by atoms with van der Waals surface area (Å²) in [6.45, 7) is 9.90. The van der Waals surface area contributed by atoms with Crippen LogP contribution in [0.4, 0.5) is 11.5 Å². The third-order valence-electron chi connectivity index (χ3n) is 3.28. The van der Waals surface area contributed by atoms with E-state index in [0.717, 1.165) is 32.5 Å². The molecule has 0 aromatic carbocycles. The van der Waals surface area contributed by atoms with Crippen LogP contribution in [0.2, 0.25) is 5.15 Å². The average Bonchev–Trinajstić information content (AvgIpc) is 2.39. The van der Waals surface area contributed by atoms with Gasteiger partial charge in [-0.15, -0.1) is 0 Å². The van der Waals surface area contributed by atoms with E-state index in [1.807, 2.05) is 0 Å². The molecule has 0 radical (unpaired) electrons. The molecule has 0 aliphatic carbocycles. The summed E-state index contributed by atoms with van der Waals surface area (Å²) in [6, 6.07) is 3.82. The maximum Gasteiger partial charge on any atom is 0.151 e. The maximum absolute atomic E-state index is 5.87. The number of pyridine rings is 1. The number of hydrogen-bond acceptors (Lipinski definition) is 4. The number of halogens is 1. The second-order valence-corrected chi connectivity index (χ2v) is 5.17. The molecule has 1 rings (SSSR count). The zero-order valence-corrected chi connectivity index (χ0v) is 12.9. The Hall–Kier alpha value is -1.00. The summed E-state index contributed by atoms with van der Waals surface area (Å²) in [5.41, 5.74) is 6.50. The zero-order chi connectivity index (χ0) is 14.3. The number of aromatic nitrogens is 1. The molecule has 1 unspecified atom stereocenters. The molecule has 108 valence electrons. The molecule has 4 nitrogen and oxygen atoms in total. The quantitative estimate of drug-likeness (QED) is 0.720. The lowest BCUT2D eigenvalue weighted by Crippen LogP contribution is -2.26. The molecule has 0 amide bonds. The monoisotopic (exact) mass is 284 g/mol. The summed E-state index contributed by atoms with van der Waals surface area (Å²) in [4.78, 5) is 6.64. The van der Waals surface area contributed by atoms with E-state index in [0.29, 0.717) is 22.7 Å². The summed E-state index contributed by atoms with van der Waals surface area (Å²) in [6.07, 6.45) is 2.25. The van der Waals surface area contributed by atoms with E-state index in [2.05, 4.69) is 36.0 Å². The minimum Gasteiger partial charge on any atom is -0.396 e. The van der Waals surface area contributed by atoms with Crippen molar-refractivity contribution in [2.75, 3.05) is 30.7 Å². The fourth-order valence-electron chi connectivity index (χ4n) is 2.03. The first kappa shape index (κ1) is 16.1. The molecule has 1 aromatic rings. The van der Waals surface area contributed by atoms with Crippen molar-refractivity contribution in [3.05, 3.63) is 17.3 Å². The lowest BCUT2D eigenvalue weighted by Gasteiger charge is -2.20. The van der Waals surface area contributed by atoms with Crippen LogP contribution in [0.15, 0.2) is 12.1 Å². The van der Waals surface area contributed by atoms with E-state index in [-0.39, 0.29) is 0 Å². The Morgan fingerprint density at radius 1 is 1.37 bits per heavy atom. The number of nitrogen functional groups attached to an aromatic ring is 1. The number of rotatable bonds is 8. The van der Waals surface area contributed by atoms with Gasteiger partial charge in [-0.25, -0.2) is 4.98 Å². The first-order valence-electron chi connectivity index (χ1n) is 6.97. The Balaban J connectivity index is 2.38. The van der Waals surface area contributed by atoms with E-state index < -0.39 is 0 Å². The van der Waals surface area contributed by atoms with Gasteiger partial charge >= 0.3 is 0 Å². The van der Waals surface area contributed by atoms with Gasteiger partial charge < -0.3 is 16.0 Å². The highest BCUT2D eigenvalue weighted by atomic mass is 35.5. The number of nitrogens with one attached hydrogen (secondary N) is 1. The molecule has 1 aromatic heterocycles. The molecule has 3 N–H and O–H groups in total. The van der Waals surface area contributed by atoms with Crippen molar-refractivity contribution in [2.45, 2.75) is 39.7 Å². The zero-order valence-electron chi connectivity index (χ0n) is 12.1. The topological polar surface area (TPSA) is 54.2 Å². The minimum absolute atomic E-state index is 0.337. The van der Waals surface area contributed by atoms with Crippen LogP contribution in [-0.2, 0) is 0 Å². The highest BCUT2D eigenvalue weighted by Gasteiger charge is 2.07. The molecule has 0 spiro atoms. The summed E-state index contributed by atoms with van der Waals surface area (Å²) in [5, 5.41) is 3.79. The number of nitrogens with two attached hydrogens (primary N) is 1. The molecule has 19 heavy (non-hydrogen) atoms. The first-order chi connectivity index (χ1) is 9.06. The van der Waals surface area contributed by atoms with E-state index >= 15 is 0 Å². The van der Waals surface area contributed by atoms with Gasteiger partial charge in [-0.05, 0) is 51.5 Å². The van der Waals surface area contributed by atoms with Crippen molar-refractivity contribution < 1.29 is 0 Å². The first-order valence-corrected chi connectivity index (χ1v) is 7.35. The SMILES string of the molecule is CCN(CC)CCCC(C)Nc1nc(Cl)ccc1N. The molecule has 0 saturated carbocycles. The molecule has 0 bridgehead atoms. The second kappa shape index (κ2) is 8.23. The maximum atomic E-state index is 5.87. The standard InChI is InChI=1S/C14H25ClN4/c1-4-19(5-2)10-6-7-11(3)17-14-12(16)8-9-13(15)18-14/h8-9,11H,4-7,10,16H2,1-3H3,(H,17,18). The van der Waals surface area contributed by atoms with Crippen molar-refractivity contribution >= 4 is 23.1 Å². The summed E-state index contributed by atoms with van der Waals surface area (Å²) in [5.74, 6) is 0.683. The molecule has 1 heterocycles. The van der Waals surface area contributed by atoms with Crippen molar-refractivity contribution in [3.8, 4) is 0 Å². The van der Waals surface area contributed by atoms with Gasteiger partial charge in [0.2, 0.25) is 0 Å². The largest absolute Gasteiger partial charge is 0.396 e. The van der Waals surface area contributed by atoms with Gasteiger partial charge in [-0.3, -0.25) is 0 Å². The van der Waals surface area contributed by atoms with Crippen molar-refractivity contribution in [1.29, 1.82) is 0 Å². The van der Waals surface area contributed by atoms with Crippen LogP contribution in [0.25, 0.3) is 0 Å². The van der Waals surface area contributed by atoms with Gasteiger partial charge in [0.25, 0.3) is 0 Å². The Labute approximate surface area is 121 Å². The lowest BCUT2D eigenvalue weighted by molar-refractivity contribution is 0.295. The number of anilines is 2. The minimum atomic E-state index is 0.337. The van der Waals surface area contributed by atoms with Gasteiger partial charge in [0.1, 0.15) is 5.15 Å². The smallest absolute Gasteiger partial charge is 0.151 e. The molecule has 0 saturated heterocycles. The van der Waals surface area contributed by atoms with Crippen LogP contribution >= 0.6 is 11.6 Å². The summed E-state index contributed by atoms with van der Waals surface area (Å²) in [7, 11) is 0. The van der Waals surface area contributed by atoms with Crippen LogP contribution in [-0.4, -0.2) is 35.6 Å². The molecular formula is C14H25ClN4. The van der Waals surface area contributed by atoms with Crippen LogP contribution < -0.4 is 11.1 Å². The predicted octanol–water partition coefficient (Wildman–Crippen LogP) is 3.24. The fraction of sp³-hybridized carbons (Fsp3) is 0.643. The Kier molecular flexibility index (Phi) is 6.95. The van der Waals surface area contributed by atoms with Gasteiger partial charge in [-0.1, -0.05) is 25.4 Å². The molecule has 5 heteroatoms. The Morgan fingerprint density at radius 3 is 2.68 bits per heavy atom. The van der Waals surface area contributed by atoms with E-state index in [4.69, 9.17) is 17.3 Å². The van der Waals surface area contributed by atoms with E-state index in [9.17, 15) is 0 Å². The highest BCUT2D eigenvalue weighted by Crippen LogP contribution is 2.19. The predicted molar refractivity (Wildman–Crippen MR) is 83.8 cm³/mol. The van der Waals surface area contributed by atoms with Gasteiger partial charge in [0.05, 0.1) is 5.69 Å². The van der Waals surface area contributed by atoms with Gasteiger partial charge in [0, 0.05) is 6.04 Å². The van der Waals surface area contributed by atoms with Crippen molar-refractivity contribution in [2.24, 2.45) is 0 Å².